The minimum absolute atomic E-state index is 0.226. The first kappa shape index (κ1) is 23.7. The van der Waals surface area contributed by atoms with E-state index in [-0.39, 0.29) is 23.0 Å². The van der Waals surface area contributed by atoms with Crippen molar-refractivity contribution in [3.8, 4) is 0 Å². The number of fused-ring (bicyclic) bond motifs is 1. The molecule has 32 heavy (non-hydrogen) atoms. The average Bonchev–Trinajstić information content (AvgIpc) is 3.27. The fourth-order valence-electron chi connectivity index (χ4n) is 3.51. The number of carbonyl (C=O) groups is 2. The summed E-state index contributed by atoms with van der Waals surface area (Å²) in [5.41, 5.74) is 7.75. The number of ether oxygens (including phenoxy) is 2. The van der Waals surface area contributed by atoms with Crippen LogP contribution in [0, 0.1) is 5.92 Å². The Hall–Kier alpha value is -2.91. The molecule has 176 valence electrons. The molecule has 0 amide bonds. The number of nitrogen functional groups attached to an aromatic ring is 1. The number of anilines is 1. The number of Topliss-reactive ketones (excluding diaryl/α,β-unsaturated/α-hetero) is 1. The number of aliphatic hydroxyl groups is 3. The van der Waals surface area contributed by atoms with E-state index in [2.05, 4.69) is 15.0 Å². The second kappa shape index (κ2) is 8.55. The molecule has 6 atom stereocenters. The van der Waals surface area contributed by atoms with E-state index >= 15 is 0 Å². The summed E-state index contributed by atoms with van der Waals surface area (Å²) in [6.07, 6.45) is -5.56. The third kappa shape index (κ3) is 3.65. The molecule has 0 unspecified atom stereocenters. The molecule has 1 aliphatic rings. The van der Waals surface area contributed by atoms with Crippen LogP contribution in [0.5, 0.6) is 0 Å². The normalized spacial score (nSPS) is 27.6. The van der Waals surface area contributed by atoms with Crippen LogP contribution in [-0.2, 0) is 24.8 Å². The zero-order valence-electron chi connectivity index (χ0n) is 17.6. The smallest absolute Gasteiger partial charge is 0.323 e. The van der Waals surface area contributed by atoms with Gasteiger partial charge in [0.15, 0.2) is 17.3 Å². The van der Waals surface area contributed by atoms with E-state index in [1.54, 1.807) is 13.8 Å². The average molecular weight is 454 g/mol. The molecule has 0 radical (unpaired) electrons. The highest BCUT2D eigenvalue weighted by atomic mass is 16.6. The number of aliphatic hydroxyl groups excluding tert-OH is 3. The van der Waals surface area contributed by atoms with Gasteiger partial charge in [-0.05, 0) is 12.8 Å². The second-order valence-corrected chi connectivity index (χ2v) is 7.92. The van der Waals surface area contributed by atoms with Gasteiger partial charge in [-0.25, -0.2) is 4.98 Å². The Morgan fingerprint density at radius 3 is 2.59 bits per heavy atom. The monoisotopic (exact) mass is 454 g/mol. The van der Waals surface area contributed by atoms with Crippen LogP contribution < -0.4 is 17.0 Å². The molecule has 3 rings (SSSR count). The maximum atomic E-state index is 13.5. The number of ketones is 1. The lowest BCUT2D eigenvalue weighted by Crippen LogP contribution is -2.56. The maximum Gasteiger partial charge on any atom is 0.323 e. The van der Waals surface area contributed by atoms with Gasteiger partial charge >= 0.3 is 5.97 Å². The van der Waals surface area contributed by atoms with Crippen molar-refractivity contribution in [3.05, 3.63) is 16.7 Å². The lowest BCUT2D eigenvalue weighted by Gasteiger charge is -2.34. The summed E-state index contributed by atoms with van der Waals surface area (Å²) in [6.45, 7) is 3.87. The Kier molecular flexibility index (Phi) is 6.35. The van der Waals surface area contributed by atoms with E-state index in [1.165, 1.54) is 6.92 Å². The number of nitrogens with one attached hydrogen (secondary N) is 1. The predicted molar refractivity (Wildman–Crippen MR) is 108 cm³/mol. The standard InChI is InChI=1S/C18H26N6O8/c1-6(2)9(19)16(30)31-7(3)12(27)18(13(28)11(26)8(4-25)32-18)24-5-21-10-14(24)22-17(20)23-15(10)29/h5-9,11,13,25-26,28H,4,19H2,1-3H3,(H3,20,22,23,29)/t7-,8+,9-,11+,13+,18+/m0/s1. The molecule has 0 spiro atoms. The van der Waals surface area contributed by atoms with E-state index in [0.29, 0.717) is 0 Å². The SMILES string of the molecule is CC(C)[C@H](N)C(=O)O[C@@H](C)C(=O)[C@@]1(n2cnc3c(=O)[nH]c(N)nc32)O[C@H](CO)[C@@H](O)[C@H]1O. The molecule has 2 aromatic rings. The van der Waals surface area contributed by atoms with E-state index < -0.39 is 60.1 Å². The molecule has 2 aromatic heterocycles. The van der Waals surface area contributed by atoms with Crippen LogP contribution in [0.3, 0.4) is 0 Å². The predicted octanol–water partition coefficient (Wildman–Crippen LogP) is -3.05. The number of aromatic amines is 1. The first-order chi connectivity index (χ1) is 14.9. The number of nitrogens with two attached hydrogens (primary N) is 2. The molecule has 0 saturated carbocycles. The van der Waals surface area contributed by atoms with Gasteiger partial charge in [0.25, 0.3) is 5.56 Å². The van der Waals surface area contributed by atoms with E-state index in [4.69, 9.17) is 20.9 Å². The zero-order chi connectivity index (χ0) is 24.0. The number of esters is 1. The first-order valence-corrected chi connectivity index (χ1v) is 9.84. The Morgan fingerprint density at radius 1 is 1.38 bits per heavy atom. The largest absolute Gasteiger partial charge is 0.453 e. The van der Waals surface area contributed by atoms with E-state index in [9.17, 15) is 29.7 Å². The summed E-state index contributed by atoms with van der Waals surface area (Å²) in [5.74, 6) is -2.45. The second-order valence-electron chi connectivity index (χ2n) is 7.92. The van der Waals surface area contributed by atoms with Crippen LogP contribution in [0.4, 0.5) is 5.95 Å². The van der Waals surface area contributed by atoms with Gasteiger partial charge < -0.3 is 36.3 Å². The number of aromatic nitrogens is 4. The summed E-state index contributed by atoms with van der Waals surface area (Å²) < 4.78 is 11.7. The quantitative estimate of drug-likeness (QED) is 0.229. The third-order valence-electron chi connectivity index (χ3n) is 5.41. The van der Waals surface area contributed by atoms with Crippen LogP contribution in [0.25, 0.3) is 11.2 Å². The lowest BCUT2D eigenvalue weighted by molar-refractivity contribution is -0.187. The van der Waals surface area contributed by atoms with Crippen molar-refractivity contribution in [1.29, 1.82) is 0 Å². The zero-order valence-corrected chi connectivity index (χ0v) is 17.6. The lowest BCUT2D eigenvalue weighted by atomic mass is 9.95. The van der Waals surface area contributed by atoms with Gasteiger partial charge in [0, 0.05) is 0 Å². The molecule has 14 heteroatoms. The molecular weight excluding hydrogens is 428 g/mol. The van der Waals surface area contributed by atoms with Crippen LogP contribution in [0.2, 0.25) is 0 Å². The Morgan fingerprint density at radius 2 is 2.03 bits per heavy atom. The summed E-state index contributed by atoms with van der Waals surface area (Å²) in [6, 6.07) is -1.01. The minimum Gasteiger partial charge on any atom is -0.453 e. The third-order valence-corrected chi connectivity index (χ3v) is 5.41. The summed E-state index contributed by atoms with van der Waals surface area (Å²) in [4.78, 5) is 48.1. The molecule has 1 aliphatic heterocycles. The van der Waals surface area contributed by atoms with Gasteiger partial charge in [0.1, 0.15) is 30.7 Å². The number of hydrogen-bond donors (Lipinski definition) is 6. The van der Waals surface area contributed by atoms with Gasteiger partial charge in [-0.1, -0.05) is 13.8 Å². The number of imidazole rings is 1. The fourth-order valence-corrected chi connectivity index (χ4v) is 3.51. The Balaban J connectivity index is 2.13. The highest BCUT2D eigenvalue weighted by Crippen LogP contribution is 2.39. The molecule has 8 N–H and O–H groups in total. The molecule has 0 aliphatic carbocycles. The Bertz CT molecular complexity index is 1080. The molecule has 3 heterocycles. The van der Waals surface area contributed by atoms with Gasteiger partial charge in [0.2, 0.25) is 17.5 Å². The molecule has 1 fully saturated rings. The van der Waals surface area contributed by atoms with Crippen molar-refractivity contribution < 1.29 is 34.4 Å². The van der Waals surface area contributed by atoms with Crippen molar-refractivity contribution >= 4 is 28.9 Å². The number of rotatable bonds is 7. The van der Waals surface area contributed by atoms with Crippen molar-refractivity contribution in [3.63, 3.8) is 0 Å². The number of hydrogen-bond acceptors (Lipinski definition) is 12. The molecule has 14 nitrogen and oxygen atoms in total. The summed E-state index contributed by atoms with van der Waals surface area (Å²) >= 11 is 0. The topological polar surface area (TPSA) is 229 Å². The Labute approximate surface area is 181 Å². The van der Waals surface area contributed by atoms with Crippen molar-refractivity contribution in [1.82, 2.24) is 19.5 Å². The fraction of sp³-hybridized carbons (Fsp3) is 0.611. The van der Waals surface area contributed by atoms with Crippen molar-refractivity contribution in [2.24, 2.45) is 11.7 Å². The number of H-pyrrole nitrogens is 1. The van der Waals surface area contributed by atoms with E-state index in [1.807, 2.05) is 0 Å². The molecule has 0 bridgehead atoms. The van der Waals surface area contributed by atoms with Crippen LogP contribution >= 0.6 is 0 Å². The maximum absolute atomic E-state index is 13.5. The van der Waals surface area contributed by atoms with Gasteiger partial charge in [-0.2, -0.15) is 4.98 Å². The highest BCUT2D eigenvalue weighted by molar-refractivity contribution is 5.93. The van der Waals surface area contributed by atoms with E-state index in [0.717, 1.165) is 10.9 Å². The van der Waals surface area contributed by atoms with Crippen molar-refractivity contribution in [2.75, 3.05) is 12.3 Å². The first-order valence-electron chi connectivity index (χ1n) is 9.84. The minimum atomic E-state index is -2.45. The van der Waals surface area contributed by atoms with Gasteiger partial charge in [-0.15, -0.1) is 0 Å². The highest BCUT2D eigenvalue weighted by Gasteiger charge is 2.62. The molecular formula is C18H26N6O8. The van der Waals surface area contributed by atoms with Gasteiger partial charge in [-0.3, -0.25) is 23.9 Å². The van der Waals surface area contributed by atoms with Crippen molar-refractivity contribution in [2.45, 2.75) is 57.0 Å². The number of nitrogens with zero attached hydrogens (tertiary/aromatic N) is 3. The van der Waals surface area contributed by atoms with Gasteiger partial charge in [0.05, 0.1) is 6.61 Å². The van der Waals surface area contributed by atoms with Crippen LogP contribution in [0.15, 0.2) is 11.1 Å². The summed E-state index contributed by atoms with van der Waals surface area (Å²) in [7, 11) is 0. The number of carbonyl (C=O) groups excluding carboxylic acids is 2. The van der Waals surface area contributed by atoms with Crippen LogP contribution in [-0.4, -0.2) is 83.7 Å². The molecule has 0 aromatic carbocycles. The molecule has 1 saturated heterocycles. The van der Waals surface area contributed by atoms with Crippen LogP contribution in [0.1, 0.15) is 20.8 Å². The summed E-state index contributed by atoms with van der Waals surface area (Å²) in [5, 5.41) is 30.8.